The second kappa shape index (κ2) is 7.72. The first-order valence-electron chi connectivity index (χ1n) is 7.91. The summed E-state index contributed by atoms with van der Waals surface area (Å²) in [4.78, 5) is 20.6. The average molecular weight is 312 g/mol. The van der Waals surface area contributed by atoms with Gasteiger partial charge in [-0.2, -0.15) is 0 Å². The zero-order valence-electron chi connectivity index (χ0n) is 14.2. The summed E-state index contributed by atoms with van der Waals surface area (Å²) in [6.45, 7) is 9.18. The summed E-state index contributed by atoms with van der Waals surface area (Å²) in [7, 11) is 0. The molecule has 1 heterocycles. The fourth-order valence-electron chi connectivity index (χ4n) is 2.14. The molecular formula is C18H24N4O. The molecule has 0 aliphatic rings. The van der Waals surface area contributed by atoms with E-state index in [1.54, 1.807) is 6.07 Å². The van der Waals surface area contributed by atoms with E-state index in [2.05, 4.69) is 34.4 Å². The van der Waals surface area contributed by atoms with Gasteiger partial charge in [0.05, 0.1) is 0 Å². The fraction of sp³-hybridized carbons (Fsp3) is 0.389. The van der Waals surface area contributed by atoms with Gasteiger partial charge in [0.25, 0.3) is 5.91 Å². The van der Waals surface area contributed by atoms with Crippen molar-refractivity contribution in [1.82, 2.24) is 9.97 Å². The van der Waals surface area contributed by atoms with E-state index in [4.69, 9.17) is 0 Å². The molecule has 1 aromatic heterocycles. The molecule has 0 radical (unpaired) electrons. The molecule has 2 N–H and O–H groups in total. The number of carbonyl (C=O) groups is 1. The Kier molecular flexibility index (Phi) is 5.68. The van der Waals surface area contributed by atoms with Crippen LogP contribution in [-0.2, 0) is 0 Å². The van der Waals surface area contributed by atoms with Crippen LogP contribution in [0.1, 0.15) is 41.9 Å². The molecule has 0 bridgehead atoms. The van der Waals surface area contributed by atoms with Gasteiger partial charge >= 0.3 is 0 Å². The highest BCUT2D eigenvalue weighted by Crippen LogP contribution is 2.18. The minimum atomic E-state index is -0.229. The standard InChI is InChI=1S/C18H24N4O/c1-12(2)8-9-19-17-10-16(20-11-21-17)18(23)22-15-7-5-6-13(3)14(15)4/h5-7,10-12H,8-9H2,1-4H3,(H,22,23)(H,19,20,21). The molecule has 0 spiro atoms. The summed E-state index contributed by atoms with van der Waals surface area (Å²) in [5.74, 6) is 1.07. The molecule has 0 atom stereocenters. The number of anilines is 2. The van der Waals surface area contributed by atoms with Crippen molar-refractivity contribution < 1.29 is 4.79 Å². The van der Waals surface area contributed by atoms with Crippen LogP contribution in [0.25, 0.3) is 0 Å². The zero-order chi connectivity index (χ0) is 16.8. The van der Waals surface area contributed by atoms with E-state index in [1.807, 2.05) is 32.0 Å². The van der Waals surface area contributed by atoms with Gasteiger partial charge < -0.3 is 10.6 Å². The molecule has 0 saturated heterocycles. The van der Waals surface area contributed by atoms with Gasteiger partial charge in [0.15, 0.2) is 0 Å². The first kappa shape index (κ1) is 16.9. The Morgan fingerprint density at radius 2 is 2.00 bits per heavy atom. The van der Waals surface area contributed by atoms with Crippen LogP contribution in [0.3, 0.4) is 0 Å². The average Bonchev–Trinajstić information content (AvgIpc) is 2.52. The normalized spacial score (nSPS) is 10.7. The summed E-state index contributed by atoms with van der Waals surface area (Å²) in [6.07, 6.45) is 2.46. The third-order valence-corrected chi connectivity index (χ3v) is 3.78. The Morgan fingerprint density at radius 1 is 1.22 bits per heavy atom. The predicted molar refractivity (Wildman–Crippen MR) is 93.8 cm³/mol. The maximum Gasteiger partial charge on any atom is 0.274 e. The van der Waals surface area contributed by atoms with E-state index in [0.29, 0.717) is 17.4 Å². The Morgan fingerprint density at radius 3 is 2.74 bits per heavy atom. The molecule has 0 aliphatic heterocycles. The maximum absolute atomic E-state index is 12.4. The van der Waals surface area contributed by atoms with Crippen molar-refractivity contribution in [2.75, 3.05) is 17.2 Å². The minimum absolute atomic E-state index is 0.229. The second-order valence-corrected chi connectivity index (χ2v) is 6.10. The van der Waals surface area contributed by atoms with E-state index in [0.717, 1.165) is 29.8 Å². The SMILES string of the molecule is Cc1cccc(NC(=O)c2cc(NCCC(C)C)ncn2)c1C. The molecule has 0 aliphatic carbocycles. The molecule has 1 amide bonds. The summed E-state index contributed by atoms with van der Waals surface area (Å²) in [5, 5.41) is 6.14. The minimum Gasteiger partial charge on any atom is -0.370 e. The van der Waals surface area contributed by atoms with Crippen LogP contribution in [0.2, 0.25) is 0 Å². The number of benzene rings is 1. The van der Waals surface area contributed by atoms with E-state index in [9.17, 15) is 4.79 Å². The van der Waals surface area contributed by atoms with Gasteiger partial charge in [-0.25, -0.2) is 9.97 Å². The second-order valence-electron chi connectivity index (χ2n) is 6.10. The van der Waals surface area contributed by atoms with Crippen molar-refractivity contribution in [3.8, 4) is 0 Å². The summed E-state index contributed by atoms with van der Waals surface area (Å²) >= 11 is 0. The first-order chi connectivity index (χ1) is 11.0. The van der Waals surface area contributed by atoms with E-state index in [-0.39, 0.29) is 5.91 Å². The largest absolute Gasteiger partial charge is 0.370 e. The summed E-state index contributed by atoms with van der Waals surface area (Å²) in [6, 6.07) is 7.52. The number of amides is 1. The number of carbonyl (C=O) groups excluding carboxylic acids is 1. The summed E-state index contributed by atoms with van der Waals surface area (Å²) in [5.41, 5.74) is 3.36. The smallest absolute Gasteiger partial charge is 0.274 e. The molecular weight excluding hydrogens is 288 g/mol. The molecule has 2 rings (SSSR count). The lowest BCUT2D eigenvalue weighted by molar-refractivity contribution is 0.102. The lowest BCUT2D eigenvalue weighted by atomic mass is 10.1. The van der Waals surface area contributed by atoms with Crippen molar-refractivity contribution in [1.29, 1.82) is 0 Å². The molecule has 0 unspecified atom stereocenters. The van der Waals surface area contributed by atoms with Crippen LogP contribution in [0, 0.1) is 19.8 Å². The number of aryl methyl sites for hydroxylation is 1. The van der Waals surface area contributed by atoms with Crippen LogP contribution in [0.15, 0.2) is 30.6 Å². The Labute approximate surface area is 137 Å². The topological polar surface area (TPSA) is 66.9 Å². The zero-order valence-corrected chi connectivity index (χ0v) is 14.2. The van der Waals surface area contributed by atoms with Gasteiger partial charge in [-0.15, -0.1) is 0 Å². The lowest BCUT2D eigenvalue weighted by Crippen LogP contribution is -2.16. The Hall–Kier alpha value is -2.43. The molecule has 5 heteroatoms. The number of nitrogens with one attached hydrogen (secondary N) is 2. The van der Waals surface area contributed by atoms with Crippen LogP contribution >= 0.6 is 0 Å². The van der Waals surface area contributed by atoms with Gasteiger partial charge in [0.2, 0.25) is 0 Å². The van der Waals surface area contributed by atoms with Gasteiger partial charge in [-0.05, 0) is 43.4 Å². The first-order valence-corrected chi connectivity index (χ1v) is 7.91. The van der Waals surface area contributed by atoms with Crippen LogP contribution in [0.4, 0.5) is 11.5 Å². The van der Waals surface area contributed by atoms with Crippen molar-refractivity contribution in [2.24, 2.45) is 5.92 Å². The van der Waals surface area contributed by atoms with E-state index >= 15 is 0 Å². The predicted octanol–water partition coefficient (Wildman–Crippen LogP) is 3.80. The quantitative estimate of drug-likeness (QED) is 0.851. The van der Waals surface area contributed by atoms with Crippen molar-refractivity contribution >= 4 is 17.4 Å². The molecule has 5 nitrogen and oxygen atoms in total. The van der Waals surface area contributed by atoms with Crippen molar-refractivity contribution in [3.05, 3.63) is 47.4 Å². The maximum atomic E-state index is 12.4. The van der Waals surface area contributed by atoms with Crippen molar-refractivity contribution in [3.63, 3.8) is 0 Å². The number of hydrogen-bond acceptors (Lipinski definition) is 4. The summed E-state index contributed by atoms with van der Waals surface area (Å²) < 4.78 is 0. The third-order valence-electron chi connectivity index (χ3n) is 3.78. The molecule has 2 aromatic rings. The number of aromatic nitrogens is 2. The highest BCUT2D eigenvalue weighted by atomic mass is 16.1. The number of rotatable bonds is 6. The van der Waals surface area contributed by atoms with E-state index < -0.39 is 0 Å². The number of hydrogen-bond donors (Lipinski definition) is 2. The van der Waals surface area contributed by atoms with Gasteiger partial charge in [-0.3, -0.25) is 4.79 Å². The molecule has 1 aromatic carbocycles. The number of nitrogens with zero attached hydrogens (tertiary/aromatic N) is 2. The Bertz CT molecular complexity index is 682. The highest BCUT2D eigenvalue weighted by Gasteiger charge is 2.11. The lowest BCUT2D eigenvalue weighted by Gasteiger charge is -2.11. The molecule has 0 fully saturated rings. The van der Waals surface area contributed by atoms with Gasteiger partial charge in [0, 0.05) is 18.3 Å². The third kappa shape index (κ3) is 4.77. The van der Waals surface area contributed by atoms with Gasteiger partial charge in [0.1, 0.15) is 17.8 Å². The van der Waals surface area contributed by atoms with Crippen LogP contribution in [-0.4, -0.2) is 22.4 Å². The fourth-order valence-corrected chi connectivity index (χ4v) is 2.14. The van der Waals surface area contributed by atoms with E-state index in [1.165, 1.54) is 6.33 Å². The van der Waals surface area contributed by atoms with Crippen LogP contribution < -0.4 is 10.6 Å². The Balaban J connectivity index is 2.06. The van der Waals surface area contributed by atoms with Crippen molar-refractivity contribution in [2.45, 2.75) is 34.1 Å². The monoisotopic (exact) mass is 312 g/mol. The molecule has 122 valence electrons. The van der Waals surface area contributed by atoms with Gasteiger partial charge in [-0.1, -0.05) is 26.0 Å². The molecule has 0 saturated carbocycles. The molecule has 23 heavy (non-hydrogen) atoms. The van der Waals surface area contributed by atoms with Crippen LogP contribution in [0.5, 0.6) is 0 Å². The highest BCUT2D eigenvalue weighted by molar-refractivity contribution is 6.03.